The lowest BCUT2D eigenvalue weighted by atomic mass is 10.2. The van der Waals surface area contributed by atoms with Crippen LogP contribution in [0.4, 0.5) is 17.5 Å². The number of amides is 2. The van der Waals surface area contributed by atoms with E-state index in [1.54, 1.807) is 12.5 Å². The van der Waals surface area contributed by atoms with Crippen LogP contribution in [0.15, 0.2) is 49.2 Å². The average molecular weight is 352 g/mol. The number of carbonyl (C=O) groups excluding carboxylic acids is 2. The van der Waals surface area contributed by atoms with Crippen molar-refractivity contribution in [2.75, 3.05) is 17.2 Å². The van der Waals surface area contributed by atoms with E-state index >= 15 is 0 Å². The van der Waals surface area contributed by atoms with Crippen molar-refractivity contribution in [1.82, 2.24) is 19.5 Å². The highest BCUT2D eigenvalue weighted by Crippen LogP contribution is 2.21. The number of nitrogens with two attached hydrogens (primary N) is 2. The lowest BCUT2D eigenvalue weighted by molar-refractivity contribution is -0.116. The second-order valence-corrected chi connectivity index (χ2v) is 5.28. The minimum absolute atomic E-state index is 0.119. The topological polar surface area (TPSA) is 154 Å². The Labute approximate surface area is 148 Å². The summed E-state index contributed by atoms with van der Waals surface area (Å²) in [6.45, 7) is -0.130. The molecule has 26 heavy (non-hydrogen) atoms. The van der Waals surface area contributed by atoms with Gasteiger partial charge in [0.15, 0.2) is 0 Å². The van der Waals surface area contributed by atoms with Gasteiger partial charge in [0.1, 0.15) is 11.4 Å². The Kier molecular flexibility index (Phi) is 4.74. The number of rotatable bonds is 7. The summed E-state index contributed by atoms with van der Waals surface area (Å²) in [6, 6.07) is 7.39. The summed E-state index contributed by atoms with van der Waals surface area (Å²) in [5, 5.41) is 5.69. The molecule has 0 aliphatic heterocycles. The Morgan fingerprint density at radius 2 is 1.92 bits per heavy atom. The van der Waals surface area contributed by atoms with E-state index in [1.165, 1.54) is 6.20 Å². The first-order valence-electron chi connectivity index (χ1n) is 7.57. The molecule has 3 aromatic rings. The number of nitrogens with one attached hydrogen (secondary N) is 2. The normalized spacial score (nSPS) is 10.3. The standard InChI is InChI=1S/C16H16N8O2/c17-13(25)8-21-16-20-7-12(14(18)26)15(23-16)22-10-1-3-11(4-2-10)24-6-5-19-9-24/h1-7,9H,8H2,(H2,17,25)(H2,18,26)(H2,20,21,22,23). The average Bonchev–Trinajstić information content (AvgIpc) is 3.15. The minimum Gasteiger partial charge on any atom is -0.368 e. The van der Waals surface area contributed by atoms with Gasteiger partial charge < -0.3 is 26.7 Å². The summed E-state index contributed by atoms with van der Waals surface area (Å²) in [5.74, 6) is -0.873. The van der Waals surface area contributed by atoms with E-state index in [4.69, 9.17) is 11.5 Å². The molecule has 6 N–H and O–H groups in total. The van der Waals surface area contributed by atoms with Crippen LogP contribution in [0, 0.1) is 0 Å². The molecule has 0 spiro atoms. The van der Waals surface area contributed by atoms with Crippen molar-refractivity contribution in [2.45, 2.75) is 0 Å². The van der Waals surface area contributed by atoms with Gasteiger partial charge in [-0.05, 0) is 24.3 Å². The number of hydrogen-bond acceptors (Lipinski definition) is 7. The number of imidazole rings is 1. The molecule has 10 nitrogen and oxygen atoms in total. The van der Waals surface area contributed by atoms with Crippen LogP contribution in [0.25, 0.3) is 5.69 Å². The Bertz CT molecular complexity index is 922. The summed E-state index contributed by atoms with van der Waals surface area (Å²) in [5.41, 5.74) is 12.2. The minimum atomic E-state index is -0.677. The second-order valence-electron chi connectivity index (χ2n) is 5.28. The maximum absolute atomic E-state index is 11.6. The van der Waals surface area contributed by atoms with Crippen LogP contribution in [-0.2, 0) is 4.79 Å². The van der Waals surface area contributed by atoms with Crippen molar-refractivity contribution in [3.63, 3.8) is 0 Å². The van der Waals surface area contributed by atoms with Crippen LogP contribution in [-0.4, -0.2) is 37.9 Å². The lowest BCUT2D eigenvalue weighted by Gasteiger charge is -2.11. The van der Waals surface area contributed by atoms with Crippen LogP contribution in [0.2, 0.25) is 0 Å². The number of anilines is 3. The predicted octanol–water partition coefficient (Wildman–Crippen LogP) is 0.402. The van der Waals surface area contributed by atoms with Crippen LogP contribution < -0.4 is 22.1 Å². The molecule has 132 valence electrons. The largest absolute Gasteiger partial charge is 0.368 e. The number of carbonyl (C=O) groups is 2. The molecular weight excluding hydrogens is 336 g/mol. The Morgan fingerprint density at radius 3 is 2.54 bits per heavy atom. The second kappa shape index (κ2) is 7.30. The van der Waals surface area contributed by atoms with Gasteiger partial charge in [-0.15, -0.1) is 0 Å². The van der Waals surface area contributed by atoms with Crippen LogP contribution >= 0.6 is 0 Å². The molecule has 0 fully saturated rings. The van der Waals surface area contributed by atoms with E-state index in [1.807, 2.05) is 35.0 Å². The molecular formula is C16H16N8O2. The van der Waals surface area contributed by atoms with Gasteiger partial charge in [-0.25, -0.2) is 9.97 Å². The summed E-state index contributed by atoms with van der Waals surface area (Å²) >= 11 is 0. The monoisotopic (exact) mass is 352 g/mol. The first kappa shape index (κ1) is 16.9. The fourth-order valence-corrected chi connectivity index (χ4v) is 2.17. The molecule has 2 amide bonds. The maximum atomic E-state index is 11.6. The van der Waals surface area contributed by atoms with Crippen molar-refractivity contribution in [3.05, 3.63) is 54.7 Å². The van der Waals surface area contributed by atoms with Crippen molar-refractivity contribution < 1.29 is 9.59 Å². The van der Waals surface area contributed by atoms with E-state index in [0.717, 1.165) is 5.69 Å². The molecule has 0 bridgehead atoms. The van der Waals surface area contributed by atoms with Crippen molar-refractivity contribution in [1.29, 1.82) is 0 Å². The maximum Gasteiger partial charge on any atom is 0.254 e. The third-order valence-electron chi connectivity index (χ3n) is 3.41. The van der Waals surface area contributed by atoms with Gasteiger partial charge in [-0.2, -0.15) is 4.98 Å². The molecule has 0 radical (unpaired) electrons. The molecule has 2 heterocycles. The Balaban J connectivity index is 1.83. The predicted molar refractivity (Wildman–Crippen MR) is 95.1 cm³/mol. The third kappa shape index (κ3) is 3.93. The van der Waals surface area contributed by atoms with Crippen molar-refractivity contribution in [3.8, 4) is 5.69 Å². The lowest BCUT2D eigenvalue weighted by Crippen LogP contribution is -2.23. The quantitative estimate of drug-likeness (QED) is 0.480. The molecule has 0 aliphatic rings. The molecule has 3 rings (SSSR count). The molecule has 10 heteroatoms. The molecule has 0 saturated carbocycles. The number of nitrogens with zero attached hydrogens (tertiary/aromatic N) is 4. The van der Waals surface area contributed by atoms with E-state index in [0.29, 0.717) is 5.69 Å². The van der Waals surface area contributed by atoms with Gasteiger partial charge >= 0.3 is 0 Å². The van der Waals surface area contributed by atoms with Gasteiger partial charge in [0.2, 0.25) is 11.9 Å². The van der Waals surface area contributed by atoms with E-state index < -0.39 is 11.8 Å². The summed E-state index contributed by atoms with van der Waals surface area (Å²) in [4.78, 5) is 34.6. The number of primary amides is 2. The van der Waals surface area contributed by atoms with Crippen molar-refractivity contribution in [2.24, 2.45) is 11.5 Å². The first-order valence-corrected chi connectivity index (χ1v) is 7.57. The number of hydrogen-bond donors (Lipinski definition) is 4. The van der Waals surface area contributed by atoms with E-state index in [-0.39, 0.29) is 23.9 Å². The highest BCUT2D eigenvalue weighted by molar-refractivity contribution is 5.98. The molecule has 2 aromatic heterocycles. The van der Waals surface area contributed by atoms with Gasteiger partial charge in [-0.3, -0.25) is 9.59 Å². The highest BCUT2D eigenvalue weighted by Gasteiger charge is 2.13. The third-order valence-corrected chi connectivity index (χ3v) is 3.41. The van der Waals surface area contributed by atoms with Gasteiger partial charge in [0.05, 0.1) is 12.9 Å². The number of benzene rings is 1. The van der Waals surface area contributed by atoms with Crippen LogP contribution in [0.5, 0.6) is 0 Å². The zero-order chi connectivity index (χ0) is 18.5. The van der Waals surface area contributed by atoms with Gasteiger partial charge in [-0.1, -0.05) is 0 Å². The zero-order valence-electron chi connectivity index (χ0n) is 13.6. The van der Waals surface area contributed by atoms with E-state index in [2.05, 4.69) is 25.6 Å². The molecule has 0 unspecified atom stereocenters. The summed E-state index contributed by atoms with van der Waals surface area (Å²) in [6.07, 6.45) is 6.48. The summed E-state index contributed by atoms with van der Waals surface area (Å²) in [7, 11) is 0. The Morgan fingerprint density at radius 1 is 1.15 bits per heavy atom. The SMILES string of the molecule is NC(=O)CNc1ncc(C(N)=O)c(Nc2ccc(-n3ccnc3)cc2)n1. The number of aromatic nitrogens is 4. The molecule has 0 saturated heterocycles. The first-order chi connectivity index (χ1) is 12.5. The zero-order valence-corrected chi connectivity index (χ0v) is 13.6. The van der Waals surface area contributed by atoms with Crippen molar-refractivity contribution >= 4 is 29.3 Å². The molecule has 0 atom stereocenters. The fraction of sp³-hybridized carbons (Fsp3) is 0.0625. The van der Waals surface area contributed by atoms with Crippen LogP contribution in [0.1, 0.15) is 10.4 Å². The summed E-state index contributed by atoms with van der Waals surface area (Å²) < 4.78 is 1.86. The van der Waals surface area contributed by atoms with Crippen LogP contribution in [0.3, 0.4) is 0 Å². The fourth-order valence-electron chi connectivity index (χ4n) is 2.17. The molecule has 1 aromatic carbocycles. The van der Waals surface area contributed by atoms with E-state index in [9.17, 15) is 9.59 Å². The van der Waals surface area contributed by atoms with Gasteiger partial charge in [0.25, 0.3) is 5.91 Å². The van der Waals surface area contributed by atoms with Gasteiger partial charge in [0, 0.05) is 30.0 Å². The Hall–Kier alpha value is -3.95. The molecule has 0 aliphatic carbocycles. The highest BCUT2D eigenvalue weighted by atomic mass is 16.1. The smallest absolute Gasteiger partial charge is 0.254 e.